The van der Waals surface area contributed by atoms with E-state index in [0.29, 0.717) is 28.8 Å². The maximum absolute atomic E-state index is 13.0. The highest BCUT2D eigenvalue weighted by atomic mass is 19.3. The van der Waals surface area contributed by atoms with E-state index in [1.54, 1.807) is 12.1 Å². The molecule has 8 nitrogen and oxygen atoms in total. The summed E-state index contributed by atoms with van der Waals surface area (Å²) in [5.74, 6) is -2.80. The van der Waals surface area contributed by atoms with Crippen molar-refractivity contribution in [3.63, 3.8) is 0 Å². The highest BCUT2D eigenvalue weighted by Crippen LogP contribution is 2.29. The van der Waals surface area contributed by atoms with Gasteiger partial charge in [0.1, 0.15) is 0 Å². The highest BCUT2D eigenvalue weighted by Gasteiger charge is 2.26. The number of carbonyl (C=O) groups is 1. The minimum atomic E-state index is -3.13. The second-order valence-corrected chi connectivity index (χ2v) is 5.91. The third-order valence-corrected chi connectivity index (χ3v) is 3.98. The second kappa shape index (κ2) is 8.76. The van der Waals surface area contributed by atoms with Crippen molar-refractivity contribution in [1.29, 1.82) is 0 Å². The maximum atomic E-state index is 13.0. The van der Waals surface area contributed by atoms with Gasteiger partial charge in [0, 0.05) is 19.0 Å². The molecule has 0 aliphatic carbocycles. The fourth-order valence-electron chi connectivity index (χ4n) is 2.44. The van der Waals surface area contributed by atoms with Crippen LogP contribution in [0.5, 0.6) is 11.5 Å². The molecule has 0 bridgehead atoms. The molecule has 0 unspecified atom stereocenters. The molecule has 0 saturated heterocycles. The van der Waals surface area contributed by atoms with Gasteiger partial charge in [0.2, 0.25) is 5.91 Å². The predicted octanol–water partition coefficient (Wildman–Crippen LogP) is 0.904. The summed E-state index contributed by atoms with van der Waals surface area (Å²) in [4.78, 5) is 28.4. The Kier molecular flexibility index (Phi) is 6.67. The number of aromatic nitrogens is 2. The Balaban J connectivity index is 2.04. The van der Waals surface area contributed by atoms with Crippen LogP contribution in [0, 0.1) is 0 Å². The molecule has 1 amide bonds. The van der Waals surface area contributed by atoms with Crippen LogP contribution in [-0.4, -0.2) is 48.7 Å². The number of amides is 1. The van der Waals surface area contributed by atoms with Crippen LogP contribution in [0.25, 0.3) is 10.9 Å². The van der Waals surface area contributed by atoms with Crippen LogP contribution in [-0.2, 0) is 11.3 Å². The number of rotatable bonds is 9. The van der Waals surface area contributed by atoms with E-state index in [-0.39, 0.29) is 18.5 Å². The van der Waals surface area contributed by atoms with E-state index >= 15 is 0 Å². The first-order valence-electron chi connectivity index (χ1n) is 8.27. The molecule has 0 spiro atoms. The summed E-state index contributed by atoms with van der Waals surface area (Å²) in [5, 5.41) is 2.48. The lowest BCUT2D eigenvalue weighted by atomic mass is 10.2. The summed E-state index contributed by atoms with van der Waals surface area (Å²) in [5.41, 5.74) is 5.07. The normalized spacial score (nSPS) is 11.4. The van der Waals surface area contributed by atoms with Crippen LogP contribution < -0.4 is 26.1 Å². The van der Waals surface area contributed by atoms with Crippen LogP contribution in [0.4, 0.5) is 8.78 Å². The van der Waals surface area contributed by atoms with Crippen molar-refractivity contribution >= 4 is 16.8 Å². The maximum Gasteiger partial charge on any atom is 0.277 e. The number of fused-ring (bicyclic) bond motifs is 1. The Morgan fingerprint density at radius 3 is 2.59 bits per heavy atom. The van der Waals surface area contributed by atoms with E-state index in [4.69, 9.17) is 15.2 Å². The number of aryl methyl sites for hydroxylation is 1. The summed E-state index contributed by atoms with van der Waals surface area (Å²) < 4.78 is 37.7. The molecule has 1 aromatic carbocycles. The van der Waals surface area contributed by atoms with Gasteiger partial charge >= 0.3 is 0 Å². The Hall–Kier alpha value is -2.75. The zero-order chi connectivity index (χ0) is 20.0. The summed E-state index contributed by atoms with van der Waals surface area (Å²) in [6.07, 6.45) is 1.66. The number of hydrogen-bond donors (Lipinski definition) is 2. The number of ether oxygens (including phenoxy) is 2. The van der Waals surface area contributed by atoms with E-state index in [1.165, 1.54) is 25.1 Å². The predicted molar refractivity (Wildman–Crippen MR) is 95.4 cm³/mol. The Bertz CT molecular complexity index is 870. The van der Waals surface area contributed by atoms with E-state index in [0.717, 1.165) is 0 Å². The Labute approximate surface area is 154 Å². The van der Waals surface area contributed by atoms with Crippen LogP contribution in [0.1, 0.15) is 12.8 Å². The third-order valence-electron chi connectivity index (χ3n) is 3.98. The Morgan fingerprint density at radius 1 is 1.30 bits per heavy atom. The molecule has 0 aliphatic rings. The van der Waals surface area contributed by atoms with Gasteiger partial charge in [0.05, 0.1) is 44.5 Å². The van der Waals surface area contributed by atoms with Gasteiger partial charge in [0.25, 0.3) is 11.5 Å². The minimum Gasteiger partial charge on any atom is -0.493 e. The largest absolute Gasteiger partial charge is 0.493 e. The van der Waals surface area contributed by atoms with Crippen molar-refractivity contribution in [2.45, 2.75) is 25.3 Å². The van der Waals surface area contributed by atoms with Crippen molar-refractivity contribution in [3.8, 4) is 11.5 Å². The van der Waals surface area contributed by atoms with Gasteiger partial charge in [-0.2, -0.15) is 0 Å². The zero-order valence-corrected chi connectivity index (χ0v) is 15.1. The molecule has 2 rings (SSSR count). The molecule has 0 aliphatic heterocycles. The standard InChI is InChI=1S/C17H22F2N4O4/c1-26-13-6-11-12(7-14(13)27-2)22-10-23(16(11)25)5-3-4-15(24)21-9-17(18,19)8-20/h6-7,10H,3-5,8-9,20H2,1-2H3,(H,21,24). The first-order chi connectivity index (χ1) is 12.8. The topological polar surface area (TPSA) is 108 Å². The monoisotopic (exact) mass is 384 g/mol. The molecule has 0 fully saturated rings. The van der Waals surface area contributed by atoms with Crippen LogP contribution in [0.15, 0.2) is 23.3 Å². The summed E-state index contributed by atoms with van der Waals surface area (Å²) in [6, 6.07) is 3.15. The molecular weight excluding hydrogens is 362 g/mol. The van der Waals surface area contributed by atoms with E-state index in [2.05, 4.69) is 10.3 Å². The molecule has 0 radical (unpaired) electrons. The number of hydrogen-bond acceptors (Lipinski definition) is 6. The fourth-order valence-corrected chi connectivity index (χ4v) is 2.44. The Morgan fingerprint density at radius 2 is 1.96 bits per heavy atom. The molecule has 0 saturated carbocycles. The van der Waals surface area contributed by atoms with Gasteiger partial charge in [-0.3, -0.25) is 14.2 Å². The van der Waals surface area contributed by atoms with Crippen molar-refractivity contribution in [2.75, 3.05) is 27.3 Å². The van der Waals surface area contributed by atoms with Gasteiger partial charge < -0.3 is 20.5 Å². The average molecular weight is 384 g/mol. The second-order valence-electron chi connectivity index (χ2n) is 5.91. The van der Waals surface area contributed by atoms with E-state index < -0.39 is 24.9 Å². The van der Waals surface area contributed by atoms with Gasteiger partial charge in [-0.25, -0.2) is 13.8 Å². The number of methoxy groups -OCH3 is 2. The molecule has 1 aromatic heterocycles. The molecule has 2 aromatic rings. The van der Waals surface area contributed by atoms with E-state index in [1.807, 2.05) is 0 Å². The molecule has 10 heteroatoms. The summed E-state index contributed by atoms with van der Waals surface area (Å²) >= 11 is 0. The van der Waals surface area contributed by atoms with Gasteiger partial charge in [-0.15, -0.1) is 0 Å². The molecule has 1 heterocycles. The van der Waals surface area contributed by atoms with Crippen molar-refractivity contribution in [1.82, 2.24) is 14.9 Å². The lowest BCUT2D eigenvalue weighted by Gasteiger charge is -2.14. The first kappa shape index (κ1) is 20.6. The first-order valence-corrected chi connectivity index (χ1v) is 8.27. The molecular formula is C17H22F2N4O4. The molecule has 27 heavy (non-hydrogen) atoms. The molecule has 3 N–H and O–H groups in total. The van der Waals surface area contributed by atoms with Crippen LogP contribution in [0.2, 0.25) is 0 Å². The highest BCUT2D eigenvalue weighted by molar-refractivity contribution is 5.81. The molecule has 0 atom stereocenters. The van der Waals surface area contributed by atoms with E-state index in [9.17, 15) is 18.4 Å². The summed E-state index contributed by atoms with van der Waals surface area (Å²) in [7, 11) is 2.95. The van der Waals surface area contributed by atoms with Crippen molar-refractivity contribution in [2.24, 2.45) is 5.73 Å². The van der Waals surface area contributed by atoms with Crippen molar-refractivity contribution < 1.29 is 23.0 Å². The van der Waals surface area contributed by atoms with Crippen molar-refractivity contribution in [3.05, 3.63) is 28.8 Å². The van der Waals surface area contributed by atoms with Gasteiger partial charge in [-0.1, -0.05) is 0 Å². The van der Waals surface area contributed by atoms with Crippen LogP contribution >= 0.6 is 0 Å². The number of nitrogens with one attached hydrogen (secondary N) is 1. The fraction of sp³-hybridized carbons (Fsp3) is 0.471. The number of benzene rings is 1. The average Bonchev–Trinajstić information content (AvgIpc) is 2.67. The summed E-state index contributed by atoms with van der Waals surface area (Å²) in [6.45, 7) is -1.42. The van der Waals surface area contributed by atoms with Crippen LogP contribution in [0.3, 0.4) is 0 Å². The smallest absolute Gasteiger partial charge is 0.277 e. The SMILES string of the molecule is COc1cc2ncn(CCCC(=O)NCC(F)(F)CN)c(=O)c2cc1OC. The third kappa shape index (κ3) is 5.13. The quantitative estimate of drug-likeness (QED) is 0.665. The number of carbonyl (C=O) groups excluding carboxylic acids is 1. The van der Waals surface area contributed by atoms with Gasteiger partial charge in [-0.05, 0) is 12.5 Å². The number of halogens is 2. The lowest BCUT2D eigenvalue weighted by molar-refractivity contribution is -0.123. The van der Waals surface area contributed by atoms with Gasteiger partial charge in [0.15, 0.2) is 11.5 Å². The number of alkyl halides is 2. The zero-order valence-electron chi connectivity index (χ0n) is 15.1. The lowest BCUT2D eigenvalue weighted by Crippen LogP contribution is -2.41. The minimum absolute atomic E-state index is 0.00291. The number of nitrogens with zero attached hydrogens (tertiary/aromatic N) is 2. The number of nitrogens with two attached hydrogens (primary N) is 1. The molecule has 148 valence electrons.